The first kappa shape index (κ1) is 19.9. The van der Waals surface area contributed by atoms with Crippen molar-refractivity contribution in [3.63, 3.8) is 0 Å². The number of thiazole rings is 1. The van der Waals surface area contributed by atoms with E-state index in [1.165, 1.54) is 16.9 Å². The van der Waals surface area contributed by atoms with E-state index in [1.54, 1.807) is 21.3 Å². The minimum atomic E-state index is -0.0923. The number of nitrogens with zero attached hydrogens (tertiary/aromatic N) is 1. The third-order valence-electron chi connectivity index (χ3n) is 4.48. The summed E-state index contributed by atoms with van der Waals surface area (Å²) in [6, 6.07) is 7.88. The van der Waals surface area contributed by atoms with Gasteiger partial charge in [-0.2, -0.15) is 0 Å². The summed E-state index contributed by atoms with van der Waals surface area (Å²) in [4.78, 5) is 17.0. The van der Waals surface area contributed by atoms with Crippen LogP contribution < -0.4 is 19.5 Å². The first-order valence-corrected chi connectivity index (χ1v) is 9.74. The predicted molar refractivity (Wildman–Crippen MR) is 112 cm³/mol. The lowest BCUT2D eigenvalue weighted by Crippen LogP contribution is -2.12. The highest BCUT2D eigenvalue weighted by molar-refractivity contribution is 7.22. The molecule has 1 heterocycles. The molecule has 0 spiro atoms. The molecule has 2 aromatic carbocycles. The summed E-state index contributed by atoms with van der Waals surface area (Å²) >= 11 is 1.49. The van der Waals surface area contributed by atoms with Gasteiger partial charge in [0.2, 0.25) is 11.7 Å². The lowest BCUT2D eigenvalue weighted by atomic mass is 10.1. The zero-order valence-electron chi connectivity index (χ0n) is 16.7. The molecule has 0 unspecified atom stereocenters. The van der Waals surface area contributed by atoms with Crippen molar-refractivity contribution < 1.29 is 19.0 Å². The molecule has 3 rings (SSSR count). The molecule has 1 amide bonds. The van der Waals surface area contributed by atoms with Gasteiger partial charge in [-0.1, -0.05) is 23.5 Å². The van der Waals surface area contributed by atoms with E-state index in [4.69, 9.17) is 14.2 Å². The van der Waals surface area contributed by atoms with Crippen molar-refractivity contribution in [2.45, 2.75) is 26.7 Å². The topological polar surface area (TPSA) is 69.7 Å². The van der Waals surface area contributed by atoms with Crippen LogP contribution in [-0.4, -0.2) is 32.2 Å². The van der Waals surface area contributed by atoms with Crippen molar-refractivity contribution in [2.24, 2.45) is 0 Å². The molecule has 6 nitrogen and oxygen atoms in total. The van der Waals surface area contributed by atoms with Crippen LogP contribution in [0.4, 0.5) is 5.13 Å². The van der Waals surface area contributed by atoms with Crippen LogP contribution in [-0.2, 0) is 11.2 Å². The average Bonchev–Trinajstić information content (AvgIpc) is 3.07. The van der Waals surface area contributed by atoms with Crippen molar-refractivity contribution >= 4 is 32.6 Å². The van der Waals surface area contributed by atoms with Gasteiger partial charge >= 0.3 is 0 Å². The second kappa shape index (κ2) is 8.48. The minimum absolute atomic E-state index is 0.0923. The van der Waals surface area contributed by atoms with Gasteiger partial charge < -0.3 is 19.5 Å². The molecule has 3 aromatic rings. The van der Waals surface area contributed by atoms with Gasteiger partial charge in [0.1, 0.15) is 0 Å². The summed E-state index contributed by atoms with van der Waals surface area (Å²) in [5.74, 6) is 1.61. The predicted octanol–water partition coefficient (Wildman–Crippen LogP) is 4.51. The Kier molecular flexibility index (Phi) is 6.04. The smallest absolute Gasteiger partial charge is 0.226 e. The van der Waals surface area contributed by atoms with Crippen LogP contribution in [0, 0.1) is 13.8 Å². The molecule has 1 N–H and O–H groups in total. The number of fused-ring (bicyclic) bond motifs is 1. The van der Waals surface area contributed by atoms with Gasteiger partial charge in [-0.05, 0) is 49.1 Å². The third-order valence-corrected chi connectivity index (χ3v) is 5.40. The number of aryl methyl sites for hydroxylation is 3. The van der Waals surface area contributed by atoms with Gasteiger partial charge in [0.15, 0.2) is 16.6 Å². The van der Waals surface area contributed by atoms with E-state index in [9.17, 15) is 4.79 Å². The largest absolute Gasteiger partial charge is 0.493 e. The number of methoxy groups -OCH3 is 3. The quantitative estimate of drug-likeness (QED) is 0.632. The maximum absolute atomic E-state index is 12.5. The second-order valence-electron chi connectivity index (χ2n) is 6.49. The Morgan fingerprint density at radius 2 is 1.82 bits per heavy atom. The van der Waals surface area contributed by atoms with E-state index in [2.05, 4.69) is 29.4 Å². The number of amides is 1. The highest BCUT2D eigenvalue weighted by Crippen LogP contribution is 2.40. The van der Waals surface area contributed by atoms with Crippen molar-refractivity contribution in [2.75, 3.05) is 26.6 Å². The van der Waals surface area contributed by atoms with Crippen LogP contribution in [0.5, 0.6) is 17.2 Å². The standard InChI is InChI=1S/C21H24N2O4S/c1-12-10-13(2)18-16(11-12)28-21(23-18)22-17(24)9-7-14-6-8-15(25-3)20(27-5)19(14)26-4/h6,8,10-11H,7,9H2,1-5H3,(H,22,23,24). The van der Waals surface area contributed by atoms with Crippen LogP contribution in [0.1, 0.15) is 23.1 Å². The maximum atomic E-state index is 12.5. The van der Waals surface area contributed by atoms with Crippen LogP contribution in [0.2, 0.25) is 0 Å². The first-order chi connectivity index (χ1) is 13.5. The fraction of sp³-hybridized carbons (Fsp3) is 0.333. The van der Waals surface area contributed by atoms with Crippen molar-refractivity contribution in [3.05, 3.63) is 41.0 Å². The van der Waals surface area contributed by atoms with E-state index in [1.807, 2.05) is 19.1 Å². The Morgan fingerprint density at radius 1 is 1.07 bits per heavy atom. The number of hydrogen-bond acceptors (Lipinski definition) is 6. The number of aromatic nitrogens is 1. The Hall–Kier alpha value is -2.80. The van der Waals surface area contributed by atoms with Crippen LogP contribution in [0.3, 0.4) is 0 Å². The third kappa shape index (κ3) is 4.04. The molecule has 0 aliphatic carbocycles. The van der Waals surface area contributed by atoms with E-state index >= 15 is 0 Å². The lowest BCUT2D eigenvalue weighted by Gasteiger charge is -2.15. The Bertz CT molecular complexity index is 1010. The summed E-state index contributed by atoms with van der Waals surface area (Å²) in [5, 5.41) is 3.53. The molecular formula is C21H24N2O4S. The highest BCUT2D eigenvalue weighted by Gasteiger charge is 2.17. The van der Waals surface area contributed by atoms with Crippen molar-refractivity contribution in [3.8, 4) is 17.2 Å². The maximum Gasteiger partial charge on any atom is 0.226 e. The Labute approximate surface area is 168 Å². The normalized spacial score (nSPS) is 10.8. The number of ether oxygens (including phenoxy) is 3. The number of rotatable bonds is 7. The van der Waals surface area contributed by atoms with Gasteiger partial charge in [0, 0.05) is 6.42 Å². The zero-order valence-corrected chi connectivity index (χ0v) is 17.5. The Morgan fingerprint density at radius 3 is 2.50 bits per heavy atom. The van der Waals surface area contributed by atoms with Crippen molar-refractivity contribution in [1.82, 2.24) is 4.98 Å². The monoisotopic (exact) mass is 400 g/mol. The summed E-state index contributed by atoms with van der Waals surface area (Å²) in [6.45, 7) is 4.09. The SMILES string of the molecule is COc1ccc(CCC(=O)Nc2nc3c(C)cc(C)cc3s2)c(OC)c1OC. The molecule has 28 heavy (non-hydrogen) atoms. The molecular weight excluding hydrogens is 376 g/mol. The molecule has 0 fully saturated rings. The summed E-state index contributed by atoms with van der Waals surface area (Å²) in [5.41, 5.74) is 4.12. The van der Waals surface area contributed by atoms with Gasteiger partial charge in [-0.15, -0.1) is 0 Å². The Balaban J connectivity index is 1.72. The van der Waals surface area contributed by atoms with Gasteiger partial charge in [-0.3, -0.25) is 4.79 Å². The van der Waals surface area contributed by atoms with E-state index in [0.29, 0.717) is 35.2 Å². The molecule has 0 aliphatic rings. The van der Waals surface area contributed by atoms with Crippen LogP contribution in [0.15, 0.2) is 24.3 Å². The number of hydrogen-bond donors (Lipinski definition) is 1. The van der Waals surface area contributed by atoms with Crippen molar-refractivity contribution in [1.29, 1.82) is 0 Å². The molecule has 1 aromatic heterocycles. The molecule has 0 bridgehead atoms. The van der Waals surface area contributed by atoms with Gasteiger partial charge in [0.05, 0.1) is 31.5 Å². The van der Waals surface area contributed by atoms with E-state index in [-0.39, 0.29) is 5.91 Å². The fourth-order valence-electron chi connectivity index (χ4n) is 3.21. The number of nitrogens with one attached hydrogen (secondary N) is 1. The fourth-order valence-corrected chi connectivity index (χ4v) is 4.27. The average molecular weight is 401 g/mol. The molecule has 148 valence electrons. The lowest BCUT2D eigenvalue weighted by molar-refractivity contribution is -0.116. The second-order valence-corrected chi connectivity index (χ2v) is 7.52. The summed E-state index contributed by atoms with van der Waals surface area (Å²) in [7, 11) is 4.71. The van der Waals surface area contributed by atoms with E-state index < -0.39 is 0 Å². The van der Waals surface area contributed by atoms with Gasteiger partial charge in [0.25, 0.3) is 0 Å². The minimum Gasteiger partial charge on any atom is -0.493 e. The number of carbonyl (C=O) groups excluding carboxylic acids is 1. The molecule has 0 radical (unpaired) electrons. The van der Waals surface area contributed by atoms with Crippen LogP contribution in [0.25, 0.3) is 10.2 Å². The molecule has 0 saturated carbocycles. The molecule has 7 heteroatoms. The number of benzene rings is 2. The molecule has 0 saturated heterocycles. The van der Waals surface area contributed by atoms with E-state index in [0.717, 1.165) is 21.3 Å². The first-order valence-electron chi connectivity index (χ1n) is 8.92. The molecule has 0 aliphatic heterocycles. The summed E-state index contributed by atoms with van der Waals surface area (Å²) in [6.07, 6.45) is 0.818. The number of anilines is 1. The highest BCUT2D eigenvalue weighted by atomic mass is 32.1. The molecule has 0 atom stereocenters. The van der Waals surface area contributed by atoms with Crippen LogP contribution >= 0.6 is 11.3 Å². The zero-order chi connectivity index (χ0) is 20.3. The number of carbonyl (C=O) groups is 1. The summed E-state index contributed by atoms with van der Waals surface area (Å²) < 4.78 is 17.2. The van der Waals surface area contributed by atoms with Gasteiger partial charge in [-0.25, -0.2) is 4.98 Å².